The minimum Gasteiger partial charge on any atom is -0.481 e. The van der Waals surface area contributed by atoms with Crippen LogP contribution in [0.5, 0.6) is 0 Å². The average Bonchev–Trinajstić information content (AvgIpc) is 3.18. The molecule has 4 rings (SSSR count). The highest BCUT2D eigenvalue weighted by molar-refractivity contribution is 7.21. The Morgan fingerprint density at radius 2 is 2.04 bits per heavy atom. The molecule has 0 bridgehead atoms. The molecule has 1 atom stereocenters. The van der Waals surface area contributed by atoms with Gasteiger partial charge in [-0.15, -0.1) is 11.3 Å². The van der Waals surface area contributed by atoms with Gasteiger partial charge < -0.3 is 10.0 Å². The number of aliphatic carboxylic acids is 1. The van der Waals surface area contributed by atoms with E-state index in [1.807, 2.05) is 49.4 Å². The van der Waals surface area contributed by atoms with Crippen molar-refractivity contribution >= 4 is 39.1 Å². The molecule has 2 aromatic carbocycles. The number of carbonyl (C=O) groups is 2. The number of fused-ring (bicyclic) bond motifs is 1. The zero-order chi connectivity index (χ0) is 17.6. The second-order valence-electron chi connectivity index (χ2n) is 6.18. The lowest BCUT2D eigenvalue weighted by Crippen LogP contribution is -2.26. The summed E-state index contributed by atoms with van der Waals surface area (Å²) in [6, 6.07) is 13.7. The highest BCUT2D eigenvalue weighted by atomic mass is 32.1. The number of carbonyl (C=O) groups excluding carboxylic acids is 1. The summed E-state index contributed by atoms with van der Waals surface area (Å²) in [6.07, 6.45) is 0.0557. The van der Waals surface area contributed by atoms with E-state index in [2.05, 4.69) is 0 Å². The van der Waals surface area contributed by atoms with Crippen molar-refractivity contribution in [2.24, 2.45) is 5.92 Å². The Morgan fingerprint density at radius 3 is 2.76 bits per heavy atom. The Kier molecular flexibility index (Phi) is 3.77. The maximum Gasteiger partial charge on any atom is 0.308 e. The Bertz CT molecular complexity index is 962. The summed E-state index contributed by atoms with van der Waals surface area (Å²) in [7, 11) is 0. The molecule has 2 heterocycles. The van der Waals surface area contributed by atoms with Crippen molar-refractivity contribution in [3.8, 4) is 10.6 Å². The summed E-state index contributed by atoms with van der Waals surface area (Å²) in [5, 5.41) is 10.1. The highest BCUT2D eigenvalue weighted by Crippen LogP contribution is 2.37. The fourth-order valence-corrected chi connectivity index (χ4v) is 4.29. The van der Waals surface area contributed by atoms with Crippen molar-refractivity contribution in [1.29, 1.82) is 0 Å². The molecule has 25 heavy (non-hydrogen) atoms. The van der Waals surface area contributed by atoms with E-state index in [4.69, 9.17) is 4.98 Å². The number of para-hydroxylation sites is 1. The Hall–Kier alpha value is -2.73. The first-order valence-corrected chi connectivity index (χ1v) is 8.85. The van der Waals surface area contributed by atoms with Gasteiger partial charge in [-0.25, -0.2) is 4.98 Å². The average molecular weight is 352 g/mol. The van der Waals surface area contributed by atoms with E-state index in [0.29, 0.717) is 0 Å². The van der Waals surface area contributed by atoms with Crippen LogP contribution in [-0.2, 0) is 9.59 Å². The maximum absolute atomic E-state index is 12.3. The lowest BCUT2D eigenvalue weighted by atomic mass is 10.1. The molecule has 6 heteroatoms. The van der Waals surface area contributed by atoms with Gasteiger partial charge in [-0.05, 0) is 30.7 Å². The van der Waals surface area contributed by atoms with Gasteiger partial charge in [0, 0.05) is 24.2 Å². The second kappa shape index (κ2) is 5.97. The number of carboxylic acids is 1. The molecular weight excluding hydrogens is 336 g/mol. The van der Waals surface area contributed by atoms with E-state index < -0.39 is 11.9 Å². The Labute approximate surface area is 148 Å². The number of nitrogens with zero attached hydrogens (tertiary/aromatic N) is 2. The molecule has 1 saturated heterocycles. The fourth-order valence-electron chi connectivity index (χ4n) is 3.24. The number of rotatable bonds is 3. The monoisotopic (exact) mass is 352 g/mol. The first-order valence-electron chi connectivity index (χ1n) is 8.03. The number of thiazole rings is 1. The van der Waals surface area contributed by atoms with Crippen LogP contribution in [-0.4, -0.2) is 28.5 Å². The van der Waals surface area contributed by atoms with Gasteiger partial charge in [0.1, 0.15) is 5.01 Å². The fraction of sp³-hybridized carbons (Fsp3) is 0.211. The van der Waals surface area contributed by atoms with E-state index in [1.54, 1.807) is 16.2 Å². The topological polar surface area (TPSA) is 70.5 Å². The molecule has 1 unspecified atom stereocenters. The van der Waals surface area contributed by atoms with Crippen LogP contribution in [0.15, 0.2) is 42.5 Å². The van der Waals surface area contributed by atoms with Crippen molar-refractivity contribution in [2.45, 2.75) is 13.3 Å². The number of aromatic nitrogens is 1. The molecule has 126 valence electrons. The molecule has 5 nitrogen and oxygen atoms in total. The summed E-state index contributed by atoms with van der Waals surface area (Å²) in [6.45, 7) is 2.18. The van der Waals surface area contributed by atoms with Gasteiger partial charge in [-0.3, -0.25) is 9.59 Å². The van der Waals surface area contributed by atoms with Gasteiger partial charge in [0.25, 0.3) is 0 Å². The van der Waals surface area contributed by atoms with E-state index in [9.17, 15) is 14.7 Å². The predicted molar refractivity (Wildman–Crippen MR) is 97.9 cm³/mol. The van der Waals surface area contributed by atoms with Crippen LogP contribution in [0.1, 0.15) is 12.0 Å². The summed E-state index contributed by atoms with van der Waals surface area (Å²) in [5.41, 5.74) is 3.65. The molecule has 1 amide bonds. The minimum absolute atomic E-state index is 0.0557. The first-order chi connectivity index (χ1) is 12.0. The van der Waals surface area contributed by atoms with Gasteiger partial charge in [-0.1, -0.05) is 24.3 Å². The van der Waals surface area contributed by atoms with Crippen molar-refractivity contribution in [1.82, 2.24) is 4.98 Å². The molecule has 1 N–H and O–H groups in total. The third kappa shape index (κ3) is 2.68. The molecule has 1 aliphatic rings. The van der Waals surface area contributed by atoms with Crippen molar-refractivity contribution in [3.05, 3.63) is 48.0 Å². The highest BCUT2D eigenvalue weighted by Gasteiger charge is 2.35. The van der Waals surface area contributed by atoms with Crippen LogP contribution >= 0.6 is 11.3 Å². The van der Waals surface area contributed by atoms with E-state index >= 15 is 0 Å². The van der Waals surface area contributed by atoms with Crippen molar-refractivity contribution in [2.75, 3.05) is 11.4 Å². The van der Waals surface area contributed by atoms with E-state index in [1.165, 1.54) is 0 Å². The maximum atomic E-state index is 12.3. The van der Waals surface area contributed by atoms with E-state index in [-0.39, 0.29) is 18.9 Å². The molecule has 0 aliphatic carbocycles. The zero-order valence-electron chi connectivity index (χ0n) is 13.6. The molecule has 1 fully saturated rings. The van der Waals surface area contributed by atoms with Crippen LogP contribution in [0.2, 0.25) is 0 Å². The van der Waals surface area contributed by atoms with E-state index in [0.717, 1.165) is 32.0 Å². The van der Waals surface area contributed by atoms with Gasteiger partial charge in [-0.2, -0.15) is 0 Å². The molecule has 3 aromatic rings. The molecule has 0 radical (unpaired) electrons. The number of hydrogen-bond donors (Lipinski definition) is 1. The van der Waals surface area contributed by atoms with Gasteiger partial charge in [0.15, 0.2) is 0 Å². The number of hydrogen-bond acceptors (Lipinski definition) is 4. The van der Waals surface area contributed by atoms with Gasteiger partial charge in [0.05, 0.1) is 16.1 Å². The van der Waals surface area contributed by atoms with Crippen LogP contribution in [0, 0.1) is 12.8 Å². The van der Waals surface area contributed by atoms with Crippen LogP contribution in [0.3, 0.4) is 0 Å². The number of anilines is 1. The number of amides is 1. The lowest BCUT2D eigenvalue weighted by molar-refractivity contribution is -0.141. The molecular formula is C19H16N2O3S. The minimum atomic E-state index is -0.921. The normalized spacial score (nSPS) is 17.4. The summed E-state index contributed by atoms with van der Waals surface area (Å²) in [4.78, 5) is 29.8. The van der Waals surface area contributed by atoms with Crippen molar-refractivity contribution < 1.29 is 14.7 Å². The largest absolute Gasteiger partial charge is 0.481 e. The SMILES string of the molecule is Cc1c(-c2nc3ccccc3s2)cccc1N1CC(C(=O)O)CC1=O. The third-order valence-electron chi connectivity index (χ3n) is 4.59. The van der Waals surface area contributed by atoms with Crippen LogP contribution in [0.25, 0.3) is 20.8 Å². The summed E-state index contributed by atoms with van der Waals surface area (Å²) >= 11 is 1.61. The Balaban J connectivity index is 1.76. The molecule has 0 spiro atoms. The zero-order valence-corrected chi connectivity index (χ0v) is 14.4. The number of benzene rings is 2. The predicted octanol–water partition coefficient (Wildman–Crippen LogP) is 3.71. The lowest BCUT2D eigenvalue weighted by Gasteiger charge is -2.20. The van der Waals surface area contributed by atoms with Gasteiger partial charge >= 0.3 is 5.97 Å². The Morgan fingerprint density at radius 1 is 1.24 bits per heavy atom. The number of carboxylic acid groups (broad SMARTS) is 1. The van der Waals surface area contributed by atoms with Crippen molar-refractivity contribution in [3.63, 3.8) is 0 Å². The van der Waals surface area contributed by atoms with Crippen LogP contribution in [0.4, 0.5) is 5.69 Å². The first kappa shape index (κ1) is 15.8. The molecule has 1 aliphatic heterocycles. The quantitative estimate of drug-likeness (QED) is 0.780. The molecule has 0 saturated carbocycles. The second-order valence-corrected chi connectivity index (χ2v) is 7.21. The van der Waals surface area contributed by atoms with Gasteiger partial charge in [0.2, 0.25) is 5.91 Å². The summed E-state index contributed by atoms with van der Waals surface area (Å²) < 4.78 is 1.12. The van der Waals surface area contributed by atoms with Crippen LogP contribution < -0.4 is 4.90 Å². The third-order valence-corrected chi connectivity index (χ3v) is 5.66. The summed E-state index contributed by atoms with van der Waals surface area (Å²) in [5.74, 6) is -1.70. The smallest absolute Gasteiger partial charge is 0.308 e. The standard InChI is InChI=1S/C19H16N2O3S/c1-11-13(18-20-14-6-2-3-8-16(14)25-18)5-4-7-15(11)21-10-12(19(23)24)9-17(21)22/h2-8,12H,9-10H2,1H3,(H,23,24). The molecule has 1 aromatic heterocycles.